The zero-order valence-electron chi connectivity index (χ0n) is 74.6. The molecule has 24 nitrogen and oxygen atoms in total. The van der Waals surface area contributed by atoms with Crippen LogP contribution < -0.4 is 0 Å². The van der Waals surface area contributed by atoms with Crippen LogP contribution in [0.4, 0.5) is 17.6 Å². The molecule has 0 amide bonds. The van der Waals surface area contributed by atoms with Crippen LogP contribution in [0, 0.1) is 67.2 Å². The van der Waals surface area contributed by atoms with Crippen molar-refractivity contribution in [3.05, 3.63) is 237 Å². The molecule has 1 atom stereocenters. The largest absolute Gasteiger partial charge is 0.481 e. The molecular formula is C104H108F4N12O12. The fourth-order valence-corrected chi connectivity index (χ4v) is 21.8. The Bertz CT molecular complexity index is 7050. The second-order valence-corrected chi connectivity index (χ2v) is 37.4. The maximum absolute atomic E-state index is 14.3. The third-order valence-electron chi connectivity index (χ3n) is 28.9. The van der Waals surface area contributed by atoms with Gasteiger partial charge in [-0.05, 0) is 315 Å². The molecule has 0 bridgehead atoms. The van der Waals surface area contributed by atoms with Crippen LogP contribution in [0.5, 0.6) is 0 Å². The molecule has 22 rings (SSSR count). The Hall–Kier alpha value is -12.8. The number of halogens is 4. The molecule has 12 heterocycles. The van der Waals surface area contributed by atoms with Crippen molar-refractivity contribution in [2.45, 2.75) is 180 Å². The lowest BCUT2D eigenvalue weighted by atomic mass is 9.60. The number of carbonyl (C=O) groups is 4. The fourth-order valence-electron chi connectivity index (χ4n) is 21.8. The number of nitrogens with one attached hydrogen (secondary N) is 4. The van der Waals surface area contributed by atoms with Crippen LogP contribution in [-0.4, -0.2) is 156 Å². The van der Waals surface area contributed by atoms with Crippen molar-refractivity contribution in [2.24, 2.45) is 23.2 Å². The summed E-state index contributed by atoms with van der Waals surface area (Å²) in [6, 6.07) is 39.3. The monoisotopic (exact) mass is 1790 g/mol. The summed E-state index contributed by atoms with van der Waals surface area (Å²) in [5, 5.41) is 75.7. The number of hydrogen-bond acceptors (Lipinski definition) is 12. The molecule has 6 aliphatic rings. The summed E-state index contributed by atoms with van der Waals surface area (Å²) in [5.41, 5.74) is 22.1. The number of aryl methyl sites for hydroxylation is 4. The first-order chi connectivity index (χ1) is 63.9. The summed E-state index contributed by atoms with van der Waals surface area (Å²) in [4.78, 5) is 46.6. The molecule has 4 aliphatic heterocycles. The zero-order chi connectivity index (χ0) is 91.5. The van der Waals surface area contributed by atoms with Crippen LogP contribution in [0.25, 0.3) is 110 Å². The predicted molar refractivity (Wildman–Crippen MR) is 498 cm³/mol. The Morgan fingerprint density at radius 3 is 1.16 bits per heavy atom. The standard InChI is InChI=1S/C29H32FN3O3.C27H28FN3O3.C25H26FN3O3.C23H22FN3O3/c1-17-12-22(6-7-25(17)30)33-27-14-21-16-31-32-26(21)15-23(27)24(28(33)19-8-10-36-11-9-19)13-18-2-4-20(5-3-18)29(34)35;1-15-9-19(3-4-21(15)28)31-23-10-17-14-29-30-22(17)11-20(23)24(18-12-27(2,13-18)26(32)33)25(31)16-5-7-34-8-6-16;1-14-9-18(3-4-21(14)26)29-23-11-17-13-27-28-22(17)12-19(23)20(10-15(2)25(30)31)24(29)16-5-7-32-8-6-16;24-16-1-3-17(4-2-16)27-21-11-15-13-25-26-20(15)12-19(21)18(5-6-22(28)29)23(27)14-7-9-30-10-8-14/h6-7,12,14-16,18-20H,2-5,8-11,13H2,1H3,(H,31,32)(H,34,35);3-4,9-11,14,16,18H,5-8,12-13H2,1-2H3,(H,29,30)(H,32,33);3-4,9,11-13,15-16H,5-8,10H2,1-2H3,(H,27,28)(H,30,31);1-4,11-14H,5-10H2,(H,25,26)(H,28,29). The van der Waals surface area contributed by atoms with Gasteiger partial charge in [-0.1, -0.05) is 6.92 Å². The van der Waals surface area contributed by atoms with E-state index in [-0.39, 0.29) is 59.3 Å². The molecule has 684 valence electrons. The summed E-state index contributed by atoms with van der Waals surface area (Å²) in [6.45, 7) is 14.5. The van der Waals surface area contributed by atoms with Crippen molar-refractivity contribution in [1.29, 1.82) is 0 Å². The van der Waals surface area contributed by atoms with E-state index in [1.165, 1.54) is 52.2 Å². The number of rotatable bonds is 19. The van der Waals surface area contributed by atoms with Crippen molar-refractivity contribution in [3.63, 3.8) is 0 Å². The summed E-state index contributed by atoms with van der Waals surface area (Å²) >= 11 is 0. The van der Waals surface area contributed by atoms with Gasteiger partial charge in [0.15, 0.2) is 0 Å². The quantitative estimate of drug-likeness (QED) is 0.0349. The van der Waals surface area contributed by atoms with Gasteiger partial charge in [0.2, 0.25) is 0 Å². The molecule has 4 saturated heterocycles. The Morgan fingerprint density at radius 2 is 0.773 bits per heavy atom. The summed E-state index contributed by atoms with van der Waals surface area (Å²) < 4.78 is 87.9. The van der Waals surface area contributed by atoms with Gasteiger partial charge >= 0.3 is 23.9 Å². The molecule has 0 spiro atoms. The number of carboxylic acids is 4. The number of fused-ring (bicyclic) bond motifs is 8. The van der Waals surface area contributed by atoms with Crippen LogP contribution in [0.2, 0.25) is 0 Å². The van der Waals surface area contributed by atoms with Gasteiger partial charge in [0.25, 0.3) is 0 Å². The number of aromatic amines is 4. The van der Waals surface area contributed by atoms with E-state index >= 15 is 0 Å². The average molecular weight is 1790 g/mol. The van der Waals surface area contributed by atoms with E-state index in [0.717, 1.165) is 224 Å². The van der Waals surface area contributed by atoms with E-state index in [4.69, 9.17) is 18.9 Å². The smallest absolute Gasteiger partial charge is 0.309 e. The number of nitrogens with zero attached hydrogens (tertiary/aromatic N) is 8. The Balaban J connectivity index is 0.000000114. The molecule has 2 saturated carbocycles. The topological polar surface area (TPSA) is 321 Å². The zero-order valence-corrected chi connectivity index (χ0v) is 74.6. The van der Waals surface area contributed by atoms with Crippen LogP contribution in [0.3, 0.4) is 0 Å². The number of aliphatic carboxylic acids is 4. The highest BCUT2D eigenvalue weighted by atomic mass is 19.1. The number of benzene rings is 8. The van der Waals surface area contributed by atoms with Crippen molar-refractivity contribution >= 4 is 111 Å². The third-order valence-corrected chi connectivity index (χ3v) is 28.9. The first-order valence-corrected chi connectivity index (χ1v) is 46.2. The van der Waals surface area contributed by atoms with Crippen LogP contribution >= 0.6 is 0 Å². The highest BCUT2D eigenvalue weighted by molar-refractivity contribution is 6.03. The van der Waals surface area contributed by atoms with Crippen LogP contribution in [0.1, 0.15) is 201 Å². The van der Waals surface area contributed by atoms with Gasteiger partial charge in [-0.15, -0.1) is 0 Å². The minimum absolute atomic E-state index is 0.0553. The number of aromatic nitrogens is 12. The van der Waals surface area contributed by atoms with Gasteiger partial charge in [-0.2, -0.15) is 20.4 Å². The third kappa shape index (κ3) is 17.2. The number of carboxylic acid groups (broad SMARTS) is 4. The Kier molecular flexibility index (Phi) is 24.9. The van der Waals surface area contributed by atoms with E-state index in [0.29, 0.717) is 93.9 Å². The first-order valence-electron chi connectivity index (χ1n) is 46.2. The van der Waals surface area contributed by atoms with Gasteiger partial charge < -0.3 is 57.6 Å². The highest BCUT2D eigenvalue weighted by Gasteiger charge is 2.49. The lowest BCUT2D eigenvalue weighted by molar-refractivity contribution is -0.154. The maximum Gasteiger partial charge on any atom is 0.309 e. The lowest BCUT2D eigenvalue weighted by Crippen LogP contribution is -2.40. The van der Waals surface area contributed by atoms with Crippen LogP contribution in [-0.2, 0) is 57.4 Å². The molecule has 2 aliphatic carbocycles. The second kappa shape index (κ2) is 37.1. The van der Waals surface area contributed by atoms with E-state index in [1.807, 2.05) is 56.6 Å². The van der Waals surface area contributed by atoms with Gasteiger partial charge in [0.05, 0.1) is 86.2 Å². The number of H-pyrrole nitrogens is 4. The molecule has 1 unspecified atom stereocenters. The average Bonchev–Trinajstić information content (AvgIpc) is 1.56. The van der Waals surface area contributed by atoms with Crippen molar-refractivity contribution < 1.29 is 76.1 Å². The molecule has 6 fully saturated rings. The van der Waals surface area contributed by atoms with E-state index in [2.05, 4.69) is 108 Å². The molecule has 16 aromatic rings. The van der Waals surface area contributed by atoms with Crippen molar-refractivity contribution in [1.82, 2.24) is 59.1 Å². The Labute approximate surface area is 758 Å². The van der Waals surface area contributed by atoms with E-state index < -0.39 is 35.2 Å². The predicted octanol–water partition coefficient (Wildman–Crippen LogP) is 21.8. The molecule has 8 aromatic carbocycles. The van der Waals surface area contributed by atoms with Gasteiger partial charge in [-0.3, -0.25) is 39.6 Å². The summed E-state index contributed by atoms with van der Waals surface area (Å²) in [5.74, 6) is -3.01. The molecule has 0 radical (unpaired) electrons. The summed E-state index contributed by atoms with van der Waals surface area (Å²) in [7, 11) is 0. The highest BCUT2D eigenvalue weighted by Crippen LogP contribution is 2.57. The molecule has 8 N–H and O–H groups in total. The lowest BCUT2D eigenvalue weighted by Gasteiger charge is -2.43. The first kappa shape index (κ1) is 88.5. The van der Waals surface area contributed by atoms with Crippen LogP contribution in [0.15, 0.2) is 152 Å². The Morgan fingerprint density at radius 1 is 0.424 bits per heavy atom. The minimum Gasteiger partial charge on any atom is -0.481 e. The van der Waals surface area contributed by atoms with Crippen molar-refractivity contribution in [2.75, 3.05) is 52.9 Å². The van der Waals surface area contributed by atoms with Gasteiger partial charge in [0, 0.05) is 172 Å². The number of hydrogen-bond donors (Lipinski definition) is 8. The molecule has 8 aromatic heterocycles. The molecule has 28 heteroatoms. The maximum atomic E-state index is 14.3. The second-order valence-electron chi connectivity index (χ2n) is 37.4. The minimum atomic E-state index is -0.821. The normalized spacial score (nSPS) is 19.2. The summed E-state index contributed by atoms with van der Waals surface area (Å²) in [6.07, 6.45) is 20.8. The van der Waals surface area contributed by atoms with Gasteiger partial charge in [0.1, 0.15) is 23.3 Å². The van der Waals surface area contributed by atoms with Crippen molar-refractivity contribution in [3.8, 4) is 22.7 Å². The SMILES string of the molecule is Cc1cc(-n2c(C3CCOCC3)c(C3CC(C)(C(=O)O)C3)c3cc4[nH]ncc4cc32)ccc1F.Cc1cc(-n2c(C3CCOCC3)c(CC(C)C(=O)O)c3cc4[nH]ncc4cc32)ccc1F.Cc1cc(-n2c(C3CCOCC3)c(CC3CCC(C(=O)O)CC3)c3cc4[nH]ncc4cc32)ccc1F.O=C(O)CCc1c(C2CCOCC2)n(-c2ccc(F)cc2)c2cc3cn[nH]c3cc12. The molecular weight excluding hydrogens is 1690 g/mol. The number of ether oxygens (including phenoxy) is 4. The van der Waals surface area contributed by atoms with E-state index in [9.17, 15) is 57.2 Å². The fraction of sp³-hybridized carbons (Fsp3) is 0.385. The molecule has 132 heavy (non-hydrogen) atoms. The van der Waals surface area contributed by atoms with Gasteiger partial charge in [-0.25, -0.2) is 17.6 Å². The van der Waals surface area contributed by atoms with E-state index in [1.54, 1.807) is 57.4 Å².